The maximum atomic E-state index is 13.2. The Balaban J connectivity index is 3.10. The van der Waals surface area contributed by atoms with Gasteiger partial charge < -0.3 is 15.6 Å². The quantitative estimate of drug-likeness (QED) is 0.720. The number of ether oxygens (including phenoxy) is 1. The number of aliphatic hydroxyl groups is 1. The van der Waals surface area contributed by atoms with Crippen LogP contribution in [0, 0.1) is 5.82 Å². The number of aliphatic hydroxyl groups excluding tert-OH is 1. The Morgan fingerprint density at radius 2 is 2.29 bits per heavy atom. The van der Waals surface area contributed by atoms with E-state index >= 15 is 0 Å². The molecular weight excluding hydrogens is 185 g/mol. The van der Waals surface area contributed by atoms with Crippen molar-refractivity contribution in [1.29, 1.82) is 0 Å². The summed E-state index contributed by atoms with van der Waals surface area (Å²) in [5, 5.41) is 8.53. The van der Waals surface area contributed by atoms with Crippen LogP contribution < -0.4 is 10.5 Å². The topological polar surface area (TPSA) is 55.5 Å². The third-order valence-electron chi connectivity index (χ3n) is 1.75. The van der Waals surface area contributed by atoms with E-state index in [2.05, 4.69) is 0 Å². The third kappa shape index (κ3) is 2.23. The Morgan fingerprint density at radius 3 is 2.86 bits per heavy atom. The number of halogens is 1. The molecule has 1 aromatic carbocycles. The molecule has 0 fully saturated rings. The molecule has 1 rings (SSSR count). The molecule has 0 saturated carbocycles. The normalized spacial score (nSPS) is 10.8. The number of hydrogen-bond donors (Lipinski definition) is 2. The fourth-order valence-electron chi connectivity index (χ4n) is 1.07. The van der Waals surface area contributed by atoms with E-state index in [1.54, 1.807) is 0 Å². The average molecular weight is 197 g/mol. The largest absolute Gasteiger partial charge is 0.495 e. The van der Waals surface area contributed by atoms with Crippen molar-refractivity contribution in [1.82, 2.24) is 0 Å². The second-order valence-corrected chi connectivity index (χ2v) is 2.70. The summed E-state index contributed by atoms with van der Waals surface area (Å²) in [6, 6.07) is 2.67. The number of methoxy groups -OCH3 is 1. The van der Waals surface area contributed by atoms with Crippen molar-refractivity contribution in [2.75, 3.05) is 19.5 Å². The van der Waals surface area contributed by atoms with Crippen molar-refractivity contribution in [3.63, 3.8) is 0 Å². The fraction of sp³-hybridized carbons (Fsp3) is 0.200. The zero-order valence-electron chi connectivity index (χ0n) is 7.83. The molecule has 0 bridgehead atoms. The highest BCUT2D eigenvalue weighted by Crippen LogP contribution is 2.25. The van der Waals surface area contributed by atoms with Gasteiger partial charge in [-0.15, -0.1) is 0 Å². The van der Waals surface area contributed by atoms with Crippen LogP contribution in [-0.2, 0) is 0 Å². The van der Waals surface area contributed by atoms with Crippen LogP contribution in [0.1, 0.15) is 5.56 Å². The van der Waals surface area contributed by atoms with Crippen LogP contribution >= 0.6 is 0 Å². The Labute approximate surface area is 81.6 Å². The summed E-state index contributed by atoms with van der Waals surface area (Å²) >= 11 is 0. The predicted molar refractivity (Wildman–Crippen MR) is 53.5 cm³/mol. The van der Waals surface area contributed by atoms with Gasteiger partial charge in [-0.2, -0.15) is 0 Å². The maximum absolute atomic E-state index is 13.2. The van der Waals surface area contributed by atoms with Gasteiger partial charge in [0.25, 0.3) is 0 Å². The maximum Gasteiger partial charge on any atom is 0.142 e. The molecule has 0 spiro atoms. The third-order valence-corrected chi connectivity index (χ3v) is 1.75. The van der Waals surface area contributed by atoms with Gasteiger partial charge >= 0.3 is 0 Å². The molecule has 4 heteroatoms. The van der Waals surface area contributed by atoms with Gasteiger partial charge in [-0.3, -0.25) is 0 Å². The highest BCUT2D eigenvalue weighted by Gasteiger charge is 2.05. The van der Waals surface area contributed by atoms with Crippen LogP contribution in [0.2, 0.25) is 0 Å². The summed E-state index contributed by atoms with van der Waals surface area (Å²) in [4.78, 5) is 0. The summed E-state index contributed by atoms with van der Waals surface area (Å²) in [5.74, 6) is -0.0167. The number of anilines is 1. The number of nitrogen functional groups attached to an aromatic ring is 1. The zero-order chi connectivity index (χ0) is 10.6. The van der Waals surface area contributed by atoms with Crippen molar-refractivity contribution in [3.8, 4) is 5.75 Å². The lowest BCUT2D eigenvalue weighted by atomic mass is 10.1. The molecule has 0 radical (unpaired) electrons. The zero-order valence-corrected chi connectivity index (χ0v) is 7.83. The molecule has 0 aliphatic heterocycles. The minimum Gasteiger partial charge on any atom is -0.495 e. The van der Waals surface area contributed by atoms with Crippen molar-refractivity contribution >= 4 is 11.8 Å². The van der Waals surface area contributed by atoms with Crippen LogP contribution in [0.15, 0.2) is 18.2 Å². The van der Waals surface area contributed by atoms with E-state index in [9.17, 15) is 4.39 Å². The van der Waals surface area contributed by atoms with Crippen LogP contribution in [-0.4, -0.2) is 18.8 Å². The Kier molecular flexibility index (Phi) is 3.48. The smallest absolute Gasteiger partial charge is 0.142 e. The first-order chi connectivity index (χ1) is 6.69. The number of benzene rings is 1. The predicted octanol–water partition coefficient (Wildman–Crippen LogP) is 1.42. The minimum atomic E-state index is -0.437. The summed E-state index contributed by atoms with van der Waals surface area (Å²) in [6.07, 6.45) is 2.91. The monoisotopic (exact) mass is 197 g/mol. The molecule has 0 aliphatic carbocycles. The SMILES string of the molecule is COc1cc(C=CCO)c(F)cc1N. The highest BCUT2D eigenvalue weighted by atomic mass is 19.1. The van der Waals surface area contributed by atoms with Gasteiger partial charge in [-0.1, -0.05) is 12.2 Å². The number of rotatable bonds is 3. The van der Waals surface area contributed by atoms with Crippen LogP contribution in [0.3, 0.4) is 0 Å². The van der Waals surface area contributed by atoms with Crippen molar-refractivity contribution in [2.45, 2.75) is 0 Å². The number of nitrogens with two attached hydrogens (primary N) is 1. The minimum absolute atomic E-state index is 0.133. The van der Waals surface area contributed by atoms with E-state index in [4.69, 9.17) is 15.6 Å². The van der Waals surface area contributed by atoms with Crippen LogP contribution in [0.4, 0.5) is 10.1 Å². The molecule has 0 amide bonds. The fourth-order valence-corrected chi connectivity index (χ4v) is 1.07. The van der Waals surface area contributed by atoms with Gasteiger partial charge in [0.2, 0.25) is 0 Å². The molecular formula is C10H12FNO2. The molecule has 3 N–H and O–H groups in total. The van der Waals surface area contributed by atoms with E-state index in [0.717, 1.165) is 0 Å². The van der Waals surface area contributed by atoms with E-state index in [-0.39, 0.29) is 12.3 Å². The second kappa shape index (κ2) is 4.62. The van der Waals surface area contributed by atoms with Gasteiger partial charge in [0.1, 0.15) is 11.6 Å². The first-order valence-electron chi connectivity index (χ1n) is 4.09. The molecule has 0 aliphatic rings. The van der Waals surface area contributed by atoms with E-state index < -0.39 is 5.82 Å². The van der Waals surface area contributed by atoms with Gasteiger partial charge in [0.05, 0.1) is 19.4 Å². The summed E-state index contributed by atoms with van der Waals surface area (Å²) in [7, 11) is 1.46. The molecule has 0 unspecified atom stereocenters. The molecule has 14 heavy (non-hydrogen) atoms. The van der Waals surface area contributed by atoms with Crippen molar-refractivity contribution in [2.24, 2.45) is 0 Å². The Hall–Kier alpha value is -1.55. The molecule has 0 aromatic heterocycles. The van der Waals surface area contributed by atoms with Gasteiger partial charge in [0, 0.05) is 11.6 Å². The second-order valence-electron chi connectivity index (χ2n) is 2.70. The lowest BCUT2D eigenvalue weighted by Crippen LogP contribution is -1.95. The van der Waals surface area contributed by atoms with Crippen molar-refractivity contribution < 1.29 is 14.2 Å². The number of hydrogen-bond acceptors (Lipinski definition) is 3. The van der Waals surface area contributed by atoms with E-state index in [0.29, 0.717) is 11.3 Å². The average Bonchev–Trinajstić information content (AvgIpc) is 2.17. The highest BCUT2D eigenvalue weighted by molar-refractivity contribution is 5.61. The lowest BCUT2D eigenvalue weighted by Gasteiger charge is -2.06. The summed E-state index contributed by atoms with van der Waals surface area (Å²) < 4.78 is 18.2. The molecule has 1 aromatic rings. The molecule has 0 atom stereocenters. The van der Waals surface area contributed by atoms with Crippen molar-refractivity contribution in [3.05, 3.63) is 29.6 Å². The van der Waals surface area contributed by atoms with Crippen LogP contribution in [0.25, 0.3) is 6.08 Å². The molecule has 0 heterocycles. The van der Waals surface area contributed by atoms with Gasteiger partial charge in [-0.25, -0.2) is 4.39 Å². The molecule has 3 nitrogen and oxygen atoms in total. The summed E-state index contributed by atoms with van der Waals surface area (Å²) in [6.45, 7) is -0.133. The first kappa shape index (κ1) is 10.5. The van der Waals surface area contributed by atoms with E-state index in [1.807, 2.05) is 0 Å². The molecule has 0 saturated heterocycles. The molecule has 76 valence electrons. The summed E-state index contributed by atoms with van der Waals surface area (Å²) in [5.41, 5.74) is 6.08. The lowest BCUT2D eigenvalue weighted by molar-refractivity contribution is 0.343. The standard InChI is InChI=1S/C10H12FNO2/c1-14-10-5-7(3-2-4-13)8(11)6-9(10)12/h2-3,5-6,13H,4,12H2,1H3. The Bertz CT molecular complexity index is 350. The van der Waals surface area contributed by atoms with Gasteiger partial charge in [0.15, 0.2) is 0 Å². The van der Waals surface area contributed by atoms with Crippen LogP contribution in [0.5, 0.6) is 5.75 Å². The Morgan fingerprint density at radius 1 is 1.57 bits per heavy atom. The van der Waals surface area contributed by atoms with Gasteiger partial charge in [-0.05, 0) is 6.07 Å². The van der Waals surface area contributed by atoms with E-state index in [1.165, 1.54) is 31.4 Å². The first-order valence-corrected chi connectivity index (χ1v) is 4.09.